The molecule has 0 aliphatic carbocycles. The molecule has 4 nitrogen and oxygen atoms in total. The molecule has 2 atom stereocenters. The Hall–Kier alpha value is -2.63. The second kappa shape index (κ2) is 14.1. The van der Waals surface area contributed by atoms with E-state index in [-0.39, 0.29) is 29.8 Å². The summed E-state index contributed by atoms with van der Waals surface area (Å²) in [4.78, 5) is 0.228. The van der Waals surface area contributed by atoms with Gasteiger partial charge in [-0.15, -0.1) is 0 Å². The van der Waals surface area contributed by atoms with E-state index in [1.165, 1.54) is 16.7 Å². The predicted octanol–water partition coefficient (Wildman–Crippen LogP) is 7.31. The van der Waals surface area contributed by atoms with Gasteiger partial charge in [-0.05, 0) is 55.0 Å². The molecule has 0 bridgehead atoms. The van der Waals surface area contributed by atoms with Gasteiger partial charge in [0.25, 0.3) is 0 Å². The summed E-state index contributed by atoms with van der Waals surface area (Å²) in [7, 11) is -3.75. The van der Waals surface area contributed by atoms with Crippen molar-refractivity contribution in [2.75, 3.05) is 0 Å². The van der Waals surface area contributed by atoms with Crippen LogP contribution in [0.3, 0.4) is 0 Å². The summed E-state index contributed by atoms with van der Waals surface area (Å²) in [5.41, 5.74) is 13.3. The average Bonchev–Trinajstić information content (AvgIpc) is 2.87. The molecule has 0 heterocycles. The van der Waals surface area contributed by atoms with Crippen molar-refractivity contribution in [1.82, 2.24) is 4.72 Å². The Labute approximate surface area is 247 Å². The van der Waals surface area contributed by atoms with Crippen molar-refractivity contribution in [2.45, 2.75) is 63.9 Å². The van der Waals surface area contributed by atoms with Crippen LogP contribution >= 0.6 is 0 Å². The molecule has 0 aliphatic heterocycles. The largest absolute Gasteiger partial charge is 0.322 e. The summed E-state index contributed by atoms with van der Waals surface area (Å²) < 4.78 is 29.1. The van der Waals surface area contributed by atoms with Gasteiger partial charge < -0.3 is 5.73 Å². The first-order valence-electron chi connectivity index (χ1n) is 12.9. The van der Waals surface area contributed by atoms with E-state index in [1.54, 1.807) is 12.1 Å². The van der Waals surface area contributed by atoms with Crippen molar-refractivity contribution in [3.8, 4) is 0 Å². The number of benzene rings is 4. The summed E-state index contributed by atoms with van der Waals surface area (Å²) in [5, 5.41) is 0. The van der Waals surface area contributed by atoms with Gasteiger partial charge >= 0.3 is 0 Å². The molecule has 4 aromatic carbocycles. The molecule has 0 spiro atoms. The van der Waals surface area contributed by atoms with Gasteiger partial charge in [0.2, 0.25) is 10.0 Å². The molecule has 0 aliphatic rings. The number of hydrogen-bond acceptors (Lipinski definition) is 3. The van der Waals surface area contributed by atoms with Crippen LogP contribution in [-0.2, 0) is 34.9 Å². The Kier molecular flexibility index (Phi) is 11.8. The van der Waals surface area contributed by atoms with E-state index in [4.69, 9.17) is 5.73 Å². The van der Waals surface area contributed by atoms with E-state index >= 15 is 0 Å². The SMILES string of the molecule is CC(C)(C)c1ccc(S(=O)(=O)N[C@H](c2ccccc2)[C@H](N)c2ccccc2)cc1.Cc1cc(C)cc(C)c1.[Ru]. The summed E-state index contributed by atoms with van der Waals surface area (Å²) >= 11 is 0. The van der Waals surface area contributed by atoms with Crippen molar-refractivity contribution in [1.29, 1.82) is 0 Å². The molecule has 0 fully saturated rings. The summed E-state index contributed by atoms with van der Waals surface area (Å²) in [6.45, 7) is 12.7. The number of aryl methyl sites for hydroxylation is 3. The third kappa shape index (κ3) is 9.51. The van der Waals surface area contributed by atoms with Crippen LogP contribution < -0.4 is 10.5 Å². The second-order valence-corrected chi connectivity index (χ2v) is 12.6. The molecule has 39 heavy (non-hydrogen) atoms. The zero-order valence-corrected chi connectivity index (χ0v) is 26.2. The first-order chi connectivity index (χ1) is 17.9. The molecule has 0 unspecified atom stereocenters. The normalized spacial score (nSPS) is 12.9. The van der Waals surface area contributed by atoms with Crippen LogP contribution in [0.25, 0.3) is 0 Å². The van der Waals surface area contributed by atoms with Gasteiger partial charge in [0.15, 0.2) is 0 Å². The van der Waals surface area contributed by atoms with Crippen molar-refractivity contribution in [3.05, 3.63) is 137 Å². The van der Waals surface area contributed by atoms with Gasteiger partial charge in [0, 0.05) is 19.5 Å². The first-order valence-corrected chi connectivity index (χ1v) is 14.4. The Balaban J connectivity index is 0.000000453. The van der Waals surface area contributed by atoms with Crippen molar-refractivity contribution >= 4 is 10.0 Å². The van der Waals surface area contributed by atoms with Crippen LogP contribution in [-0.4, -0.2) is 8.42 Å². The maximum Gasteiger partial charge on any atom is 0.241 e. The fourth-order valence-electron chi connectivity index (χ4n) is 4.45. The van der Waals surface area contributed by atoms with Gasteiger partial charge in [-0.2, -0.15) is 0 Å². The van der Waals surface area contributed by atoms with Crippen molar-refractivity contribution in [3.63, 3.8) is 0 Å². The van der Waals surface area contributed by atoms with E-state index < -0.39 is 22.1 Å². The van der Waals surface area contributed by atoms with E-state index in [2.05, 4.69) is 64.5 Å². The molecule has 0 radical (unpaired) electrons. The predicted molar refractivity (Wildman–Crippen MR) is 159 cm³/mol. The first kappa shape index (κ1) is 32.6. The number of nitrogens with one attached hydrogen (secondary N) is 1. The zero-order valence-electron chi connectivity index (χ0n) is 23.6. The maximum atomic E-state index is 13.1. The summed E-state index contributed by atoms with van der Waals surface area (Å²) in [6.07, 6.45) is 0. The second-order valence-electron chi connectivity index (χ2n) is 10.9. The van der Waals surface area contributed by atoms with Crippen LogP contribution in [0.2, 0.25) is 0 Å². The quantitative estimate of drug-likeness (QED) is 0.220. The van der Waals surface area contributed by atoms with Gasteiger partial charge in [-0.1, -0.05) is 128 Å². The summed E-state index contributed by atoms with van der Waals surface area (Å²) in [6, 6.07) is 31.4. The Morgan fingerprint density at radius 1 is 0.667 bits per heavy atom. The third-order valence-electron chi connectivity index (χ3n) is 6.38. The van der Waals surface area contributed by atoms with E-state index in [9.17, 15) is 8.42 Å². The van der Waals surface area contributed by atoms with E-state index in [0.717, 1.165) is 16.7 Å². The molecule has 4 rings (SSSR count). The molecular formula is C33H40N2O2RuS. The van der Waals surface area contributed by atoms with Crippen LogP contribution in [0.1, 0.15) is 66.2 Å². The number of rotatable bonds is 6. The van der Waals surface area contributed by atoms with Crippen LogP contribution in [0, 0.1) is 20.8 Å². The molecule has 208 valence electrons. The minimum atomic E-state index is -3.75. The van der Waals surface area contributed by atoms with Crippen molar-refractivity contribution in [2.24, 2.45) is 5.73 Å². The Bertz CT molecular complexity index is 1370. The Morgan fingerprint density at radius 2 is 1.08 bits per heavy atom. The molecule has 4 aromatic rings. The topological polar surface area (TPSA) is 72.2 Å². The van der Waals surface area contributed by atoms with Crippen molar-refractivity contribution < 1.29 is 27.9 Å². The molecule has 0 amide bonds. The maximum absolute atomic E-state index is 13.1. The standard InChI is InChI=1S/C24H28N2O2S.C9H12.Ru/c1-24(2,3)20-14-16-21(17-15-20)29(27,28)26-23(19-12-8-5-9-13-19)22(25)18-10-6-4-7-11-18;1-7-4-8(2)6-9(3)5-7;/h4-17,22-23,26H,25H2,1-3H3;4-6H,1-3H3;/t22-,23-;;/m1../s1. The van der Waals surface area contributed by atoms with Gasteiger partial charge in [0.1, 0.15) is 0 Å². The summed E-state index contributed by atoms with van der Waals surface area (Å²) in [5.74, 6) is 0. The molecule has 0 saturated carbocycles. The van der Waals surface area contributed by atoms with Gasteiger partial charge in [0.05, 0.1) is 17.0 Å². The van der Waals surface area contributed by atoms with Crippen LogP contribution in [0.4, 0.5) is 0 Å². The Morgan fingerprint density at radius 3 is 1.49 bits per heavy atom. The number of hydrogen-bond donors (Lipinski definition) is 2. The minimum Gasteiger partial charge on any atom is -0.322 e. The molecule has 6 heteroatoms. The third-order valence-corrected chi connectivity index (χ3v) is 7.84. The number of sulfonamides is 1. The van der Waals surface area contributed by atoms with Gasteiger partial charge in [-0.25, -0.2) is 13.1 Å². The molecule has 3 N–H and O–H groups in total. The minimum absolute atomic E-state index is 0. The average molecular weight is 630 g/mol. The monoisotopic (exact) mass is 630 g/mol. The van der Waals surface area contributed by atoms with E-state index in [1.807, 2.05) is 72.8 Å². The van der Waals surface area contributed by atoms with E-state index in [0.29, 0.717) is 0 Å². The molecule has 0 saturated heterocycles. The van der Waals surface area contributed by atoms with Gasteiger partial charge in [-0.3, -0.25) is 0 Å². The smallest absolute Gasteiger partial charge is 0.241 e. The number of nitrogens with two attached hydrogens (primary N) is 1. The fraction of sp³-hybridized carbons (Fsp3) is 0.273. The van der Waals surface area contributed by atoms with Crippen LogP contribution in [0.15, 0.2) is 108 Å². The zero-order chi connectivity index (χ0) is 27.9. The fourth-order valence-corrected chi connectivity index (χ4v) is 5.70. The molecular weight excluding hydrogens is 590 g/mol. The molecule has 0 aromatic heterocycles. The van der Waals surface area contributed by atoms with Crippen LogP contribution in [0.5, 0.6) is 0 Å².